The molecule has 1 amide bonds. The fourth-order valence-corrected chi connectivity index (χ4v) is 3.94. The van der Waals surface area contributed by atoms with Crippen LogP contribution in [0.2, 0.25) is 0 Å². The van der Waals surface area contributed by atoms with Crippen molar-refractivity contribution in [1.29, 1.82) is 0 Å². The van der Waals surface area contributed by atoms with Crippen LogP contribution >= 0.6 is 11.3 Å². The summed E-state index contributed by atoms with van der Waals surface area (Å²) >= 11 is 1.73. The minimum atomic E-state index is -3.78. The third-order valence-electron chi connectivity index (χ3n) is 4.07. The van der Waals surface area contributed by atoms with Crippen molar-refractivity contribution in [3.8, 4) is 0 Å². The zero-order valence-electron chi connectivity index (χ0n) is 13.7. The number of anilines is 1. The molecule has 25 heavy (non-hydrogen) atoms. The van der Waals surface area contributed by atoms with Gasteiger partial charge >= 0.3 is 0 Å². The van der Waals surface area contributed by atoms with E-state index in [0.717, 1.165) is 6.54 Å². The zero-order chi connectivity index (χ0) is 17.9. The van der Waals surface area contributed by atoms with Crippen molar-refractivity contribution in [3.05, 3.63) is 46.7 Å². The second-order valence-electron chi connectivity index (χ2n) is 6.15. The molecule has 8 heteroatoms. The molecule has 1 saturated carbocycles. The molecule has 1 aliphatic carbocycles. The molecule has 0 aliphatic heterocycles. The second-order valence-corrected chi connectivity index (χ2v) is 8.75. The van der Waals surface area contributed by atoms with Crippen LogP contribution < -0.4 is 10.5 Å². The van der Waals surface area contributed by atoms with E-state index >= 15 is 0 Å². The fourth-order valence-electron chi connectivity index (χ4n) is 2.65. The average molecular weight is 380 g/mol. The molecule has 1 aliphatic rings. The van der Waals surface area contributed by atoms with E-state index in [2.05, 4.69) is 21.7 Å². The molecule has 1 aromatic heterocycles. The molecule has 0 bridgehead atoms. The molecule has 1 aromatic carbocycles. The van der Waals surface area contributed by atoms with E-state index in [4.69, 9.17) is 5.14 Å². The Balaban J connectivity index is 1.55. The third-order valence-corrected chi connectivity index (χ3v) is 5.85. The van der Waals surface area contributed by atoms with Crippen molar-refractivity contribution in [1.82, 2.24) is 4.90 Å². The van der Waals surface area contributed by atoms with Crippen molar-refractivity contribution in [2.45, 2.75) is 36.7 Å². The molecule has 134 valence electrons. The predicted octanol–water partition coefficient (Wildman–Crippen LogP) is 2.39. The lowest BCUT2D eigenvalue weighted by Gasteiger charge is -2.21. The molecule has 0 saturated heterocycles. The smallest absolute Gasteiger partial charge is 0.238 e. The van der Waals surface area contributed by atoms with Crippen LogP contribution in [0.1, 0.15) is 24.1 Å². The maximum atomic E-state index is 12.2. The normalized spacial score (nSPS) is 14.6. The Morgan fingerprint density at radius 2 is 2.08 bits per heavy atom. The number of nitrogens with zero attached hydrogens (tertiary/aromatic N) is 1. The van der Waals surface area contributed by atoms with Gasteiger partial charge in [-0.15, -0.1) is 11.3 Å². The first kappa shape index (κ1) is 18.1. The van der Waals surface area contributed by atoms with E-state index in [0.29, 0.717) is 24.7 Å². The Labute approximate surface area is 151 Å². The number of nitrogens with two attached hydrogens (primary N) is 1. The minimum absolute atomic E-state index is 0.0115. The Hall–Kier alpha value is -1.74. The first-order valence-corrected chi connectivity index (χ1v) is 10.5. The average Bonchev–Trinajstić information content (AvgIpc) is 3.28. The molecule has 1 heterocycles. The monoisotopic (exact) mass is 379 g/mol. The Morgan fingerprint density at radius 3 is 2.72 bits per heavy atom. The van der Waals surface area contributed by atoms with E-state index in [-0.39, 0.29) is 10.8 Å². The number of rotatable bonds is 8. The van der Waals surface area contributed by atoms with Crippen molar-refractivity contribution in [2.75, 3.05) is 11.9 Å². The van der Waals surface area contributed by atoms with Gasteiger partial charge in [0.15, 0.2) is 0 Å². The SMILES string of the molecule is NS(=O)(=O)c1cccc(NC(=O)CCN(Cc2cccs2)C2CC2)c1. The Morgan fingerprint density at radius 1 is 1.28 bits per heavy atom. The number of sulfonamides is 1. The van der Waals surface area contributed by atoms with E-state index in [9.17, 15) is 13.2 Å². The van der Waals surface area contributed by atoms with Crippen LogP contribution in [-0.2, 0) is 21.4 Å². The van der Waals surface area contributed by atoms with Crippen molar-refractivity contribution < 1.29 is 13.2 Å². The number of benzene rings is 1. The van der Waals surface area contributed by atoms with E-state index in [1.807, 2.05) is 6.07 Å². The van der Waals surface area contributed by atoms with Gasteiger partial charge < -0.3 is 5.32 Å². The molecule has 0 radical (unpaired) electrons. The molecular formula is C17H21N3O3S2. The number of carbonyl (C=O) groups excluding carboxylic acids is 1. The van der Waals surface area contributed by atoms with Gasteiger partial charge in [0.2, 0.25) is 15.9 Å². The standard InChI is InChI=1S/C17H21N3O3S2/c18-25(22,23)16-5-1-3-13(11-16)19-17(21)8-9-20(14-6-7-14)12-15-4-2-10-24-15/h1-5,10-11,14H,6-9,12H2,(H,19,21)(H2,18,22,23). The molecule has 0 atom stereocenters. The van der Waals surface area contributed by atoms with Crippen LogP contribution in [0.4, 0.5) is 5.69 Å². The molecular weight excluding hydrogens is 358 g/mol. The first-order chi connectivity index (χ1) is 11.9. The predicted molar refractivity (Wildman–Crippen MR) is 98.8 cm³/mol. The van der Waals surface area contributed by atoms with Gasteiger partial charge in [-0.1, -0.05) is 12.1 Å². The van der Waals surface area contributed by atoms with Crippen LogP contribution in [-0.4, -0.2) is 31.8 Å². The van der Waals surface area contributed by atoms with Crippen LogP contribution in [0.15, 0.2) is 46.7 Å². The van der Waals surface area contributed by atoms with Crippen molar-refractivity contribution in [3.63, 3.8) is 0 Å². The number of amides is 1. The van der Waals surface area contributed by atoms with E-state index in [1.165, 1.54) is 29.9 Å². The summed E-state index contributed by atoms with van der Waals surface area (Å²) in [6.45, 7) is 1.56. The van der Waals surface area contributed by atoms with E-state index in [1.54, 1.807) is 23.5 Å². The highest BCUT2D eigenvalue weighted by molar-refractivity contribution is 7.89. The number of hydrogen-bond donors (Lipinski definition) is 2. The summed E-state index contributed by atoms with van der Waals surface area (Å²) in [7, 11) is -3.78. The summed E-state index contributed by atoms with van der Waals surface area (Å²) in [5, 5.41) is 9.92. The maximum absolute atomic E-state index is 12.2. The number of hydrogen-bond acceptors (Lipinski definition) is 5. The number of thiophene rings is 1. The molecule has 2 aromatic rings. The molecule has 6 nitrogen and oxygen atoms in total. The molecule has 1 fully saturated rings. The Bertz CT molecular complexity index is 831. The quantitative estimate of drug-likeness (QED) is 0.736. The van der Waals surface area contributed by atoms with Gasteiger partial charge in [-0.2, -0.15) is 0 Å². The number of carbonyl (C=O) groups is 1. The molecule has 0 spiro atoms. The molecule has 0 unspecified atom stereocenters. The lowest BCUT2D eigenvalue weighted by Crippen LogP contribution is -2.29. The highest BCUT2D eigenvalue weighted by Crippen LogP contribution is 2.29. The second kappa shape index (κ2) is 7.65. The number of nitrogens with one attached hydrogen (secondary N) is 1. The summed E-state index contributed by atoms with van der Waals surface area (Å²) in [4.78, 5) is 15.8. The maximum Gasteiger partial charge on any atom is 0.238 e. The van der Waals surface area contributed by atoms with Crippen LogP contribution in [0.5, 0.6) is 0 Å². The van der Waals surface area contributed by atoms with Crippen LogP contribution in [0, 0.1) is 0 Å². The van der Waals surface area contributed by atoms with Gasteiger partial charge in [0.25, 0.3) is 0 Å². The highest BCUT2D eigenvalue weighted by atomic mass is 32.2. The van der Waals surface area contributed by atoms with Gasteiger partial charge in [-0.05, 0) is 42.5 Å². The van der Waals surface area contributed by atoms with Crippen molar-refractivity contribution in [2.24, 2.45) is 5.14 Å². The lowest BCUT2D eigenvalue weighted by atomic mass is 10.3. The van der Waals surface area contributed by atoms with Gasteiger partial charge in [0, 0.05) is 36.1 Å². The topological polar surface area (TPSA) is 92.5 Å². The van der Waals surface area contributed by atoms with Crippen molar-refractivity contribution >= 4 is 33.0 Å². The Kier molecular flexibility index (Phi) is 5.53. The van der Waals surface area contributed by atoms with Crippen LogP contribution in [0.25, 0.3) is 0 Å². The van der Waals surface area contributed by atoms with Crippen LogP contribution in [0.3, 0.4) is 0 Å². The number of primary sulfonamides is 1. The largest absolute Gasteiger partial charge is 0.326 e. The van der Waals surface area contributed by atoms with Gasteiger partial charge in [0.05, 0.1) is 4.90 Å². The van der Waals surface area contributed by atoms with Gasteiger partial charge in [0.1, 0.15) is 0 Å². The molecule has 3 rings (SSSR count). The first-order valence-electron chi connectivity index (χ1n) is 8.11. The van der Waals surface area contributed by atoms with E-state index < -0.39 is 10.0 Å². The summed E-state index contributed by atoms with van der Waals surface area (Å²) in [5.41, 5.74) is 0.438. The molecule has 3 N–H and O–H groups in total. The summed E-state index contributed by atoms with van der Waals surface area (Å²) < 4.78 is 22.8. The van der Waals surface area contributed by atoms with Gasteiger partial charge in [-0.25, -0.2) is 13.6 Å². The lowest BCUT2D eigenvalue weighted by molar-refractivity contribution is -0.116. The zero-order valence-corrected chi connectivity index (χ0v) is 15.4. The van der Waals surface area contributed by atoms with Gasteiger partial charge in [-0.3, -0.25) is 9.69 Å². The summed E-state index contributed by atoms with van der Waals surface area (Å²) in [6, 6.07) is 10.7. The fraction of sp³-hybridized carbons (Fsp3) is 0.353. The summed E-state index contributed by atoms with van der Waals surface area (Å²) in [5.74, 6) is -0.136. The summed E-state index contributed by atoms with van der Waals surface area (Å²) in [6.07, 6.45) is 2.73. The minimum Gasteiger partial charge on any atom is -0.326 e. The third kappa shape index (κ3) is 5.37. The highest BCUT2D eigenvalue weighted by Gasteiger charge is 2.29.